The largest absolute Gasteiger partial charge is 0.351 e. The van der Waals surface area contributed by atoms with Gasteiger partial charge in [0.15, 0.2) is 0 Å². The highest BCUT2D eigenvalue weighted by Crippen LogP contribution is 2.13. The minimum atomic E-state index is -0.0000743. The van der Waals surface area contributed by atoms with Gasteiger partial charge in [0.05, 0.1) is 6.54 Å². The van der Waals surface area contributed by atoms with E-state index in [1.165, 1.54) is 0 Å². The van der Waals surface area contributed by atoms with Crippen molar-refractivity contribution in [2.75, 3.05) is 20.6 Å². The molecule has 0 aliphatic carbocycles. The van der Waals surface area contributed by atoms with Gasteiger partial charge in [-0.15, -0.1) is 0 Å². The van der Waals surface area contributed by atoms with Gasteiger partial charge in [-0.3, -0.25) is 4.79 Å². The Hall–Kier alpha value is -1.06. The number of nitrogens with one attached hydrogen (secondary N) is 1. The minimum absolute atomic E-state index is 0.0000743. The molecule has 0 atom stereocenters. The van der Waals surface area contributed by atoms with Crippen molar-refractivity contribution in [3.8, 4) is 0 Å². The standard InChI is InChI=1S/C11H15ClN2O/c1-14(2)8-11(15)13-7-9-5-3-4-6-10(9)12/h3-6H,7-8H2,1-2H3,(H,13,15). The number of carbonyl (C=O) groups excluding carboxylic acids is 1. The number of nitrogens with zero attached hydrogens (tertiary/aromatic N) is 1. The Kier molecular flexibility index (Phi) is 4.59. The second-order valence-electron chi connectivity index (χ2n) is 3.61. The first-order chi connectivity index (χ1) is 7.09. The van der Waals surface area contributed by atoms with Crippen molar-refractivity contribution in [1.82, 2.24) is 10.2 Å². The number of likely N-dealkylation sites (N-methyl/N-ethyl adjacent to an activating group) is 1. The van der Waals surface area contributed by atoms with Crippen LogP contribution in [0.1, 0.15) is 5.56 Å². The molecule has 0 unspecified atom stereocenters. The molecule has 0 aliphatic rings. The van der Waals surface area contributed by atoms with Crippen LogP contribution in [0.3, 0.4) is 0 Å². The molecule has 3 nitrogen and oxygen atoms in total. The molecule has 4 heteroatoms. The summed E-state index contributed by atoms with van der Waals surface area (Å²) in [5, 5.41) is 3.49. The van der Waals surface area contributed by atoms with Crippen LogP contribution in [0.25, 0.3) is 0 Å². The molecule has 15 heavy (non-hydrogen) atoms. The molecule has 82 valence electrons. The fraction of sp³-hybridized carbons (Fsp3) is 0.364. The Morgan fingerprint density at radius 2 is 2.07 bits per heavy atom. The third-order valence-corrected chi connectivity index (χ3v) is 2.26. The highest BCUT2D eigenvalue weighted by Gasteiger charge is 2.03. The first-order valence-electron chi connectivity index (χ1n) is 4.74. The maximum Gasteiger partial charge on any atom is 0.234 e. The van der Waals surface area contributed by atoms with E-state index in [0.29, 0.717) is 18.1 Å². The van der Waals surface area contributed by atoms with Crippen molar-refractivity contribution in [2.24, 2.45) is 0 Å². The van der Waals surface area contributed by atoms with Crippen LogP contribution in [0.2, 0.25) is 5.02 Å². The van der Waals surface area contributed by atoms with E-state index in [-0.39, 0.29) is 5.91 Å². The summed E-state index contributed by atoms with van der Waals surface area (Å²) in [5.41, 5.74) is 0.936. The van der Waals surface area contributed by atoms with Crippen LogP contribution in [-0.2, 0) is 11.3 Å². The summed E-state index contributed by atoms with van der Waals surface area (Å²) in [6.45, 7) is 0.872. The Morgan fingerprint density at radius 1 is 1.40 bits per heavy atom. The summed E-state index contributed by atoms with van der Waals surface area (Å²) in [4.78, 5) is 13.2. The van der Waals surface area contributed by atoms with Gasteiger partial charge in [-0.05, 0) is 25.7 Å². The molecule has 1 rings (SSSR count). The fourth-order valence-electron chi connectivity index (χ4n) is 1.18. The van der Waals surface area contributed by atoms with Crippen LogP contribution in [0.4, 0.5) is 0 Å². The first kappa shape index (κ1) is 12.0. The second-order valence-corrected chi connectivity index (χ2v) is 4.01. The van der Waals surface area contributed by atoms with E-state index in [2.05, 4.69) is 5.32 Å². The molecular weight excluding hydrogens is 212 g/mol. The van der Waals surface area contributed by atoms with Crippen molar-refractivity contribution in [1.29, 1.82) is 0 Å². The lowest BCUT2D eigenvalue weighted by atomic mass is 10.2. The summed E-state index contributed by atoms with van der Waals surface area (Å²) in [6.07, 6.45) is 0. The predicted molar refractivity (Wildman–Crippen MR) is 61.9 cm³/mol. The number of hydrogen-bond donors (Lipinski definition) is 1. The Labute approximate surface area is 95.0 Å². The lowest BCUT2D eigenvalue weighted by Gasteiger charge is -2.10. The summed E-state index contributed by atoms with van der Waals surface area (Å²) in [7, 11) is 3.71. The summed E-state index contributed by atoms with van der Waals surface area (Å²) in [5.74, 6) is -0.0000743. The van der Waals surface area contributed by atoms with Gasteiger partial charge >= 0.3 is 0 Å². The van der Waals surface area contributed by atoms with E-state index in [4.69, 9.17) is 11.6 Å². The molecular formula is C11H15ClN2O. The van der Waals surface area contributed by atoms with E-state index < -0.39 is 0 Å². The Bertz CT molecular complexity index is 339. The van der Waals surface area contributed by atoms with Crippen molar-refractivity contribution in [3.05, 3.63) is 34.9 Å². The Morgan fingerprint density at radius 3 is 2.67 bits per heavy atom. The highest BCUT2D eigenvalue weighted by atomic mass is 35.5. The molecule has 0 aromatic heterocycles. The normalized spacial score (nSPS) is 10.4. The molecule has 0 heterocycles. The van der Waals surface area contributed by atoms with E-state index in [9.17, 15) is 4.79 Å². The average molecular weight is 227 g/mol. The third kappa shape index (κ3) is 4.32. The lowest BCUT2D eigenvalue weighted by Crippen LogP contribution is -2.32. The van der Waals surface area contributed by atoms with Crippen LogP contribution in [0.15, 0.2) is 24.3 Å². The zero-order valence-electron chi connectivity index (χ0n) is 8.96. The van der Waals surface area contributed by atoms with Gasteiger partial charge in [-0.25, -0.2) is 0 Å². The van der Waals surface area contributed by atoms with E-state index in [1.807, 2.05) is 43.3 Å². The maximum absolute atomic E-state index is 11.3. The van der Waals surface area contributed by atoms with Gasteiger partial charge in [-0.2, -0.15) is 0 Å². The quantitative estimate of drug-likeness (QED) is 0.845. The molecule has 0 saturated heterocycles. The first-order valence-corrected chi connectivity index (χ1v) is 5.12. The molecule has 0 saturated carbocycles. The van der Waals surface area contributed by atoms with Gasteiger partial charge in [0.25, 0.3) is 0 Å². The maximum atomic E-state index is 11.3. The lowest BCUT2D eigenvalue weighted by molar-refractivity contribution is -0.121. The zero-order chi connectivity index (χ0) is 11.3. The van der Waals surface area contributed by atoms with Crippen LogP contribution in [-0.4, -0.2) is 31.4 Å². The molecule has 1 amide bonds. The SMILES string of the molecule is CN(C)CC(=O)NCc1ccccc1Cl. The number of hydrogen-bond acceptors (Lipinski definition) is 2. The van der Waals surface area contributed by atoms with Gasteiger partial charge in [0, 0.05) is 11.6 Å². The zero-order valence-corrected chi connectivity index (χ0v) is 9.71. The average Bonchev–Trinajstić information content (AvgIpc) is 2.15. The summed E-state index contributed by atoms with van der Waals surface area (Å²) in [6, 6.07) is 7.49. The number of halogens is 1. The predicted octanol–water partition coefficient (Wildman–Crippen LogP) is 1.52. The van der Waals surface area contributed by atoms with Crippen LogP contribution in [0.5, 0.6) is 0 Å². The smallest absolute Gasteiger partial charge is 0.234 e. The Balaban J connectivity index is 2.44. The third-order valence-electron chi connectivity index (χ3n) is 1.89. The van der Waals surface area contributed by atoms with Gasteiger partial charge in [0.1, 0.15) is 0 Å². The van der Waals surface area contributed by atoms with E-state index >= 15 is 0 Å². The van der Waals surface area contributed by atoms with Gasteiger partial charge in [0.2, 0.25) is 5.91 Å². The van der Waals surface area contributed by atoms with Crippen LogP contribution in [0, 0.1) is 0 Å². The number of carbonyl (C=O) groups is 1. The molecule has 0 fully saturated rings. The van der Waals surface area contributed by atoms with Crippen molar-refractivity contribution in [2.45, 2.75) is 6.54 Å². The highest BCUT2D eigenvalue weighted by molar-refractivity contribution is 6.31. The summed E-state index contributed by atoms with van der Waals surface area (Å²) >= 11 is 5.95. The van der Waals surface area contributed by atoms with E-state index in [1.54, 1.807) is 0 Å². The molecule has 0 radical (unpaired) electrons. The van der Waals surface area contributed by atoms with Crippen LogP contribution >= 0.6 is 11.6 Å². The number of amides is 1. The van der Waals surface area contributed by atoms with Crippen molar-refractivity contribution >= 4 is 17.5 Å². The van der Waals surface area contributed by atoms with Crippen molar-refractivity contribution in [3.63, 3.8) is 0 Å². The van der Waals surface area contributed by atoms with E-state index in [0.717, 1.165) is 5.56 Å². The molecule has 1 aromatic rings. The minimum Gasteiger partial charge on any atom is -0.351 e. The molecule has 1 N–H and O–H groups in total. The van der Waals surface area contributed by atoms with Gasteiger partial charge in [-0.1, -0.05) is 29.8 Å². The number of benzene rings is 1. The molecule has 1 aromatic carbocycles. The monoisotopic (exact) mass is 226 g/mol. The topological polar surface area (TPSA) is 32.3 Å². The molecule has 0 spiro atoms. The molecule has 0 bridgehead atoms. The van der Waals surface area contributed by atoms with Crippen LogP contribution < -0.4 is 5.32 Å². The van der Waals surface area contributed by atoms with Gasteiger partial charge < -0.3 is 10.2 Å². The summed E-state index contributed by atoms with van der Waals surface area (Å²) < 4.78 is 0. The number of rotatable bonds is 4. The molecule has 0 aliphatic heterocycles. The fourth-order valence-corrected chi connectivity index (χ4v) is 1.38. The second kappa shape index (κ2) is 5.73. The van der Waals surface area contributed by atoms with Crippen molar-refractivity contribution < 1.29 is 4.79 Å².